The number of aryl methyl sites for hydroxylation is 1. The lowest BCUT2D eigenvalue weighted by molar-refractivity contribution is -0.143. The van der Waals surface area contributed by atoms with Crippen molar-refractivity contribution in [2.24, 2.45) is 0 Å². The van der Waals surface area contributed by atoms with Gasteiger partial charge in [0.15, 0.2) is 5.65 Å². The second-order valence-electron chi connectivity index (χ2n) is 5.90. The number of carbonyl (C=O) groups is 1. The van der Waals surface area contributed by atoms with Crippen molar-refractivity contribution in [2.75, 3.05) is 13.7 Å². The number of nitrogens with zero attached hydrogens (tertiary/aromatic N) is 3. The summed E-state index contributed by atoms with van der Waals surface area (Å²) >= 11 is 0. The molecule has 0 bridgehead atoms. The number of esters is 1. The van der Waals surface area contributed by atoms with Crippen LogP contribution in [0.1, 0.15) is 31.7 Å². The zero-order valence-corrected chi connectivity index (χ0v) is 15.4. The molecule has 0 unspecified atom stereocenters. The molecule has 0 fully saturated rings. The molecular weight excluding hydrogens is 330 g/mol. The van der Waals surface area contributed by atoms with Crippen molar-refractivity contribution < 1.29 is 14.3 Å². The molecule has 26 heavy (non-hydrogen) atoms. The number of benzene rings is 1. The SMILES string of the molecule is CCC(=O)OCCc1ccc(-n2c(CC)nc3ccc(OC)nc32)cc1. The van der Waals surface area contributed by atoms with E-state index in [0.717, 1.165) is 34.7 Å². The Morgan fingerprint density at radius 2 is 1.85 bits per heavy atom. The van der Waals surface area contributed by atoms with Gasteiger partial charge < -0.3 is 9.47 Å². The molecule has 2 heterocycles. The highest BCUT2D eigenvalue weighted by atomic mass is 16.5. The monoisotopic (exact) mass is 353 g/mol. The molecule has 6 nitrogen and oxygen atoms in total. The van der Waals surface area contributed by atoms with Crippen molar-refractivity contribution in [2.45, 2.75) is 33.1 Å². The summed E-state index contributed by atoms with van der Waals surface area (Å²) in [5.41, 5.74) is 3.74. The molecule has 0 radical (unpaired) electrons. The highest BCUT2D eigenvalue weighted by molar-refractivity contribution is 5.75. The number of aromatic nitrogens is 3. The number of carbonyl (C=O) groups excluding carboxylic acids is 1. The van der Waals surface area contributed by atoms with Crippen molar-refractivity contribution in [1.29, 1.82) is 0 Å². The normalized spacial score (nSPS) is 10.9. The molecule has 0 amide bonds. The van der Waals surface area contributed by atoms with E-state index in [9.17, 15) is 4.79 Å². The quantitative estimate of drug-likeness (QED) is 0.608. The van der Waals surface area contributed by atoms with Crippen LogP contribution in [0.5, 0.6) is 5.88 Å². The fraction of sp³-hybridized carbons (Fsp3) is 0.350. The fourth-order valence-corrected chi connectivity index (χ4v) is 2.81. The smallest absolute Gasteiger partial charge is 0.305 e. The van der Waals surface area contributed by atoms with Gasteiger partial charge in [-0.15, -0.1) is 0 Å². The molecule has 1 aromatic carbocycles. The maximum atomic E-state index is 11.2. The minimum atomic E-state index is -0.167. The van der Waals surface area contributed by atoms with Crippen LogP contribution in [0.3, 0.4) is 0 Å². The maximum absolute atomic E-state index is 11.2. The Kier molecular flexibility index (Phi) is 5.51. The van der Waals surface area contributed by atoms with Crippen LogP contribution in [-0.2, 0) is 22.4 Å². The Bertz CT molecular complexity index is 901. The molecule has 0 saturated carbocycles. The lowest BCUT2D eigenvalue weighted by Gasteiger charge is -2.09. The first kappa shape index (κ1) is 17.9. The Labute approximate surface area is 152 Å². The second kappa shape index (κ2) is 7.99. The summed E-state index contributed by atoms with van der Waals surface area (Å²) in [4.78, 5) is 20.4. The van der Waals surface area contributed by atoms with Crippen molar-refractivity contribution >= 4 is 17.1 Å². The topological polar surface area (TPSA) is 66.2 Å². The molecule has 6 heteroatoms. The van der Waals surface area contributed by atoms with Gasteiger partial charge in [0.1, 0.15) is 11.3 Å². The van der Waals surface area contributed by atoms with E-state index < -0.39 is 0 Å². The van der Waals surface area contributed by atoms with Gasteiger partial charge in [0.2, 0.25) is 5.88 Å². The van der Waals surface area contributed by atoms with Gasteiger partial charge in [-0.3, -0.25) is 9.36 Å². The average molecular weight is 353 g/mol. The van der Waals surface area contributed by atoms with Crippen LogP contribution >= 0.6 is 0 Å². The van der Waals surface area contributed by atoms with E-state index >= 15 is 0 Å². The maximum Gasteiger partial charge on any atom is 0.305 e. The van der Waals surface area contributed by atoms with Crippen molar-refractivity contribution in [3.05, 3.63) is 47.8 Å². The van der Waals surface area contributed by atoms with Gasteiger partial charge in [0.05, 0.1) is 13.7 Å². The minimum absolute atomic E-state index is 0.167. The van der Waals surface area contributed by atoms with E-state index in [0.29, 0.717) is 25.3 Å². The molecular formula is C20H23N3O3. The standard InChI is InChI=1S/C20H23N3O3/c1-4-17-21-16-10-11-18(25-3)22-20(16)23(17)15-8-6-14(7-9-15)12-13-26-19(24)5-2/h6-11H,4-5,12-13H2,1-3H3. The van der Waals surface area contributed by atoms with Crippen LogP contribution in [0.4, 0.5) is 0 Å². The summed E-state index contributed by atoms with van der Waals surface area (Å²) in [5.74, 6) is 1.35. The van der Waals surface area contributed by atoms with Gasteiger partial charge in [0.25, 0.3) is 0 Å². The summed E-state index contributed by atoms with van der Waals surface area (Å²) in [7, 11) is 1.61. The van der Waals surface area contributed by atoms with E-state index in [1.807, 2.05) is 36.4 Å². The predicted molar refractivity (Wildman–Crippen MR) is 99.7 cm³/mol. The molecule has 3 aromatic rings. The first-order valence-corrected chi connectivity index (χ1v) is 8.83. The zero-order valence-electron chi connectivity index (χ0n) is 15.4. The van der Waals surface area contributed by atoms with Crippen LogP contribution < -0.4 is 4.74 Å². The number of rotatable bonds is 7. The first-order chi connectivity index (χ1) is 12.7. The number of hydrogen-bond acceptors (Lipinski definition) is 5. The summed E-state index contributed by atoms with van der Waals surface area (Å²) in [6.07, 6.45) is 1.90. The molecule has 0 N–H and O–H groups in total. The zero-order chi connectivity index (χ0) is 18.5. The molecule has 0 spiro atoms. The molecule has 0 aliphatic rings. The second-order valence-corrected chi connectivity index (χ2v) is 5.90. The number of ether oxygens (including phenoxy) is 2. The molecule has 0 atom stereocenters. The largest absolute Gasteiger partial charge is 0.481 e. The molecule has 2 aromatic heterocycles. The summed E-state index contributed by atoms with van der Waals surface area (Å²) < 4.78 is 12.4. The fourth-order valence-electron chi connectivity index (χ4n) is 2.81. The van der Waals surface area contributed by atoms with Crippen molar-refractivity contribution in [3.63, 3.8) is 0 Å². The predicted octanol–water partition coefficient (Wildman–Crippen LogP) is 3.49. The molecule has 136 valence electrons. The number of methoxy groups -OCH3 is 1. The first-order valence-electron chi connectivity index (χ1n) is 8.83. The summed E-state index contributed by atoms with van der Waals surface area (Å²) in [6, 6.07) is 11.9. The third-order valence-corrected chi connectivity index (χ3v) is 4.21. The number of fused-ring (bicyclic) bond motifs is 1. The Morgan fingerprint density at radius 3 is 2.50 bits per heavy atom. The van der Waals surface area contributed by atoms with Crippen LogP contribution in [0.25, 0.3) is 16.9 Å². The van der Waals surface area contributed by atoms with Crippen LogP contribution in [-0.4, -0.2) is 34.2 Å². The van der Waals surface area contributed by atoms with Gasteiger partial charge in [0, 0.05) is 31.0 Å². The van der Waals surface area contributed by atoms with E-state index in [1.54, 1.807) is 14.0 Å². The van der Waals surface area contributed by atoms with Gasteiger partial charge in [-0.25, -0.2) is 4.98 Å². The van der Waals surface area contributed by atoms with Gasteiger partial charge in [-0.05, 0) is 23.8 Å². The lowest BCUT2D eigenvalue weighted by atomic mass is 10.1. The van der Waals surface area contributed by atoms with Crippen LogP contribution in [0.2, 0.25) is 0 Å². The van der Waals surface area contributed by atoms with Gasteiger partial charge in [-0.1, -0.05) is 26.0 Å². The minimum Gasteiger partial charge on any atom is -0.481 e. The highest BCUT2D eigenvalue weighted by Crippen LogP contribution is 2.23. The lowest BCUT2D eigenvalue weighted by Crippen LogP contribution is -2.06. The number of hydrogen-bond donors (Lipinski definition) is 0. The number of pyridine rings is 1. The van der Waals surface area contributed by atoms with Gasteiger partial charge in [-0.2, -0.15) is 4.98 Å². The van der Waals surface area contributed by atoms with Crippen LogP contribution in [0, 0.1) is 0 Å². The average Bonchev–Trinajstić information content (AvgIpc) is 3.06. The molecule has 0 aliphatic heterocycles. The Hall–Kier alpha value is -2.89. The highest BCUT2D eigenvalue weighted by Gasteiger charge is 2.13. The van der Waals surface area contributed by atoms with Crippen LogP contribution in [0.15, 0.2) is 36.4 Å². The van der Waals surface area contributed by atoms with Gasteiger partial charge >= 0.3 is 5.97 Å². The van der Waals surface area contributed by atoms with E-state index in [1.165, 1.54) is 0 Å². The van der Waals surface area contributed by atoms with E-state index in [-0.39, 0.29) is 5.97 Å². The molecule has 0 saturated heterocycles. The summed E-state index contributed by atoms with van der Waals surface area (Å²) in [6.45, 7) is 4.27. The molecule has 0 aliphatic carbocycles. The van der Waals surface area contributed by atoms with Crippen molar-refractivity contribution in [1.82, 2.24) is 14.5 Å². The molecule has 3 rings (SSSR count). The van der Waals surface area contributed by atoms with E-state index in [2.05, 4.69) is 21.5 Å². The number of imidazole rings is 1. The van der Waals surface area contributed by atoms with E-state index in [4.69, 9.17) is 9.47 Å². The third kappa shape index (κ3) is 3.69. The summed E-state index contributed by atoms with van der Waals surface area (Å²) in [5, 5.41) is 0. The Balaban J connectivity index is 1.87. The Morgan fingerprint density at radius 1 is 1.08 bits per heavy atom. The third-order valence-electron chi connectivity index (χ3n) is 4.21. The van der Waals surface area contributed by atoms with Crippen molar-refractivity contribution in [3.8, 4) is 11.6 Å².